The number of thioether (sulfide) groups is 1. The highest BCUT2D eigenvalue weighted by Crippen LogP contribution is 2.40. The highest BCUT2D eigenvalue weighted by molar-refractivity contribution is 8.04. The largest absolute Gasteiger partial charge is 0.417 e. The molecule has 0 radical (unpaired) electrons. The molecule has 1 amide bonds. The zero-order chi connectivity index (χ0) is 19.8. The van der Waals surface area contributed by atoms with Crippen molar-refractivity contribution in [3.63, 3.8) is 0 Å². The van der Waals surface area contributed by atoms with E-state index in [1.165, 1.54) is 24.8 Å². The van der Waals surface area contributed by atoms with Crippen LogP contribution in [0, 0.1) is 0 Å². The molecule has 2 aliphatic heterocycles. The second-order valence-electron chi connectivity index (χ2n) is 6.80. The van der Waals surface area contributed by atoms with Crippen LogP contribution < -0.4 is 10.6 Å². The lowest BCUT2D eigenvalue weighted by molar-refractivity contribution is -0.137. The van der Waals surface area contributed by atoms with Crippen LogP contribution in [-0.4, -0.2) is 35.4 Å². The molecule has 2 aliphatic rings. The highest BCUT2D eigenvalue weighted by atomic mass is 35.5. The van der Waals surface area contributed by atoms with Crippen LogP contribution in [0.25, 0.3) is 5.70 Å². The standard InChI is InChI=1S/C18H21ClF3N3OS/c1-10-4-3-7-25(10)9-15-16(24-17(27-15)23-11(2)26)12-5-6-14(19)13(8-12)18(20,21)22/h5-6,8,10,17,24H,3-4,7,9H2,1-2H3,(H,23,26). The van der Waals surface area contributed by atoms with Gasteiger partial charge in [-0.2, -0.15) is 13.2 Å². The Kier molecular flexibility index (Phi) is 5.98. The van der Waals surface area contributed by atoms with E-state index in [0.29, 0.717) is 23.8 Å². The molecule has 3 rings (SSSR count). The first-order valence-electron chi connectivity index (χ1n) is 8.70. The maximum absolute atomic E-state index is 13.2. The lowest BCUT2D eigenvalue weighted by Crippen LogP contribution is -2.38. The fraction of sp³-hybridized carbons (Fsp3) is 0.500. The minimum atomic E-state index is -4.53. The fourth-order valence-electron chi connectivity index (χ4n) is 3.36. The topological polar surface area (TPSA) is 44.4 Å². The average molecular weight is 420 g/mol. The van der Waals surface area contributed by atoms with Crippen LogP contribution in [-0.2, 0) is 11.0 Å². The third kappa shape index (κ3) is 4.73. The summed E-state index contributed by atoms with van der Waals surface area (Å²) in [5, 5.41) is 5.59. The predicted molar refractivity (Wildman–Crippen MR) is 102 cm³/mol. The Morgan fingerprint density at radius 2 is 2.19 bits per heavy atom. The molecule has 2 atom stereocenters. The van der Waals surface area contributed by atoms with Gasteiger partial charge in [-0.05, 0) is 44.0 Å². The molecule has 1 aromatic rings. The number of amides is 1. The van der Waals surface area contributed by atoms with E-state index in [1.54, 1.807) is 6.07 Å². The number of hydrogen-bond acceptors (Lipinski definition) is 4. The minimum Gasteiger partial charge on any atom is -0.355 e. The van der Waals surface area contributed by atoms with Crippen molar-refractivity contribution in [1.82, 2.24) is 15.5 Å². The number of rotatable bonds is 4. The molecule has 9 heteroatoms. The monoisotopic (exact) mass is 419 g/mol. The Morgan fingerprint density at radius 1 is 1.44 bits per heavy atom. The first-order valence-corrected chi connectivity index (χ1v) is 9.95. The molecule has 2 N–H and O–H groups in total. The molecule has 0 aliphatic carbocycles. The van der Waals surface area contributed by atoms with Gasteiger partial charge in [-0.25, -0.2) is 0 Å². The Hall–Kier alpha value is -1.38. The number of alkyl halides is 3. The lowest BCUT2D eigenvalue weighted by atomic mass is 10.1. The van der Waals surface area contributed by atoms with Crippen molar-refractivity contribution < 1.29 is 18.0 Å². The Bertz CT molecular complexity index is 769. The Balaban J connectivity index is 1.94. The highest BCUT2D eigenvalue weighted by Gasteiger charge is 2.35. The third-order valence-corrected chi connectivity index (χ3v) is 6.17. The zero-order valence-electron chi connectivity index (χ0n) is 15.0. The third-order valence-electron chi connectivity index (χ3n) is 4.75. The van der Waals surface area contributed by atoms with Crippen LogP contribution in [0.1, 0.15) is 37.8 Å². The molecule has 0 bridgehead atoms. The van der Waals surface area contributed by atoms with Gasteiger partial charge in [0, 0.05) is 24.4 Å². The molecule has 148 valence electrons. The maximum atomic E-state index is 13.2. The minimum absolute atomic E-state index is 0.206. The quantitative estimate of drug-likeness (QED) is 0.765. The molecule has 1 aromatic carbocycles. The molecule has 1 saturated heterocycles. The van der Waals surface area contributed by atoms with Crippen LogP contribution in [0.5, 0.6) is 0 Å². The smallest absolute Gasteiger partial charge is 0.355 e. The lowest BCUT2D eigenvalue weighted by Gasteiger charge is -2.22. The summed E-state index contributed by atoms with van der Waals surface area (Å²) >= 11 is 7.18. The van der Waals surface area contributed by atoms with Crippen molar-refractivity contribution >= 4 is 35.0 Å². The summed E-state index contributed by atoms with van der Waals surface area (Å²) in [6, 6.07) is 4.33. The number of benzene rings is 1. The van der Waals surface area contributed by atoms with Gasteiger partial charge in [0.1, 0.15) is 0 Å². The van der Waals surface area contributed by atoms with E-state index in [0.717, 1.165) is 30.4 Å². The van der Waals surface area contributed by atoms with E-state index >= 15 is 0 Å². The summed E-state index contributed by atoms with van der Waals surface area (Å²) < 4.78 is 39.7. The first kappa shape index (κ1) is 20.4. The number of halogens is 4. The van der Waals surface area contributed by atoms with Gasteiger partial charge < -0.3 is 10.6 Å². The van der Waals surface area contributed by atoms with E-state index in [4.69, 9.17) is 11.6 Å². The maximum Gasteiger partial charge on any atom is 0.417 e. The molecule has 0 spiro atoms. The summed E-state index contributed by atoms with van der Waals surface area (Å²) in [6.45, 7) is 5.15. The number of hydrogen-bond donors (Lipinski definition) is 2. The van der Waals surface area contributed by atoms with E-state index < -0.39 is 17.2 Å². The van der Waals surface area contributed by atoms with E-state index in [2.05, 4.69) is 22.5 Å². The molecule has 1 fully saturated rings. The van der Waals surface area contributed by atoms with Gasteiger partial charge in [-0.3, -0.25) is 9.69 Å². The zero-order valence-corrected chi connectivity index (χ0v) is 16.6. The molecule has 27 heavy (non-hydrogen) atoms. The van der Waals surface area contributed by atoms with Crippen molar-refractivity contribution in [1.29, 1.82) is 0 Å². The van der Waals surface area contributed by atoms with Crippen LogP contribution in [0.4, 0.5) is 13.2 Å². The van der Waals surface area contributed by atoms with Gasteiger partial charge in [-0.1, -0.05) is 29.4 Å². The van der Waals surface area contributed by atoms with Crippen molar-refractivity contribution in [2.75, 3.05) is 13.1 Å². The first-order chi connectivity index (χ1) is 12.6. The van der Waals surface area contributed by atoms with Gasteiger partial charge in [0.05, 0.1) is 16.3 Å². The number of likely N-dealkylation sites (tertiary alicyclic amines) is 1. The molecule has 4 nitrogen and oxygen atoms in total. The molecular formula is C18H21ClF3N3OS. The van der Waals surface area contributed by atoms with Gasteiger partial charge >= 0.3 is 6.18 Å². The second-order valence-corrected chi connectivity index (χ2v) is 8.40. The second kappa shape index (κ2) is 7.93. The summed E-state index contributed by atoms with van der Waals surface area (Å²) in [7, 11) is 0. The average Bonchev–Trinajstić information content (AvgIpc) is 3.13. The van der Waals surface area contributed by atoms with E-state index in [1.807, 2.05) is 0 Å². The molecular weight excluding hydrogens is 399 g/mol. The number of nitrogens with one attached hydrogen (secondary N) is 2. The Morgan fingerprint density at radius 3 is 2.78 bits per heavy atom. The molecule has 2 heterocycles. The SMILES string of the molecule is CC(=O)NC1NC(c2ccc(Cl)c(C(F)(F)F)c2)=C(CN2CCCC2C)S1. The van der Waals surface area contributed by atoms with E-state index in [-0.39, 0.29) is 10.9 Å². The van der Waals surface area contributed by atoms with Crippen molar-refractivity contribution in [3.05, 3.63) is 39.3 Å². The van der Waals surface area contributed by atoms with Crippen molar-refractivity contribution in [2.24, 2.45) is 0 Å². The van der Waals surface area contributed by atoms with E-state index in [9.17, 15) is 18.0 Å². The van der Waals surface area contributed by atoms with Gasteiger partial charge in [-0.15, -0.1) is 0 Å². The summed E-state index contributed by atoms with van der Waals surface area (Å²) in [5.74, 6) is -0.206. The number of carbonyl (C=O) groups is 1. The van der Waals surface area contributed by atoms with Crippen molar-refractivity contribution in [3.8, 4) is 0 Å². The van der Waals surface area contributed by atoms with Crippen LogP contribution >= 0.6 is 23.4 Å². The van der Waals surface area contributed by atoms with Crippen LogP contribution in [0.15, 0.2) is 23.1 Å². The molecule has 0 saturated carbocycles. The normalized spacial score (nSPS) is 23.6. The molecule has 0 aromatic heterocycles. The van der Waals surface area contributed by atoms with Crippen LogP contribution in [0.3, 0.4) is 0 Å². The van der Waals surface area contributed by atoms with Crippen LogP contribution in [0.2, 0.25) is 5.02 Å². The van der Waals surface area contributed by atoms with Crippen molar-refractivity contribution in [2.45, 2.75) is 44.4 Å². The number of nitrogens with zero attached hydrogens (tertiary/aromatic N) is 1. The van der Waals surface area contributed by atoms with Gasteiger partial charge in [0.15, 0.2) is 5.50 Å². The van der Waals surface area contributed by atoms with Gasteiger partial charge in [0.2, 0.25) is 5.91 Å². The predicted octanol–water partition coefficient (Wildman–Crippen LogP) is 4.27. The molecule has 2 unspecified atom stereocenters. The fourth-order valence-corrected chi connectivity index (χ4v) is 4.81. The Labute approximate surface area is 165 Å². The summed E-state index contributed by atoms with van der Waals surface area (Å²) in [6.07, 6.45) is -2.31. The summed E-state index contributed by atoms with van der Waals surface area (Å²) in [5.41, 5.74) is -0.248. The summed E-state index contributed by atoms with van der Waals surface area (Å²) in [4.78, 5) is 14.6. The number of carbonyl (C=O) groups excluding carboxylic acids is 1. The van der Waals surface area contributed by atoms with Gasteiger partial charge in [0.25, 0.3) is 0 Å².